The van der Waals surface area contributed by atoms with Gasteiger partial charge in [-0.1, -0.05) is 97.1 Å². The molecule has 0 spiro atoms. The van der Waals surface area contributed by atoms with E-state index >= 15 is 0 Å². The Bertz CT molecular complexity index is 1450. The van der Waals surface area contributed by atoms with Crippen LogP contribution in [0.4, 0.5) is 0 Å². The van der Waals surface area contributed by atoms with Crippen molar-refractivity contribution in [2.24, 2.45) is 0 Å². The van der Waals surface area contributed by atoms with E-state index < -0.39 is 17.4 Å². The molecule has 1 N–H and O–H groups in total. The molecule has 0 aliphatic carbocycles. The minimum atomic E-state index is -0.918. The van der Waals surface area contributed by atoms with E-state index in [9.17, 15) is 9.90 Å². The van der Waals surface area contributed by atoms with Crippen molar-refractivity contribution in [1.82, 2.24) is 9.55 Å². The van der Waals surface area contributed by atoms with Crippen LogP contribution in [0.25, 0.3) is 0 Å². The molecule has 1 unspecified atom stereocenters. The third-order valence-electron chi connectivity index (χ3n) is 7.11. The van der Waals surface area contributed by atoms with Crippen LogP contribution in [0, 0.1) is 0 Å². The lowest BCUT2D eigenvalue weighted by molar-refractivity contribution is -0.138. The molecule has 1 aliphatic rings. The summed E-state index contributed by atoms with van der Waals surface area (Å²) < 4.78 is 13.0. The summed E-state index contributed by atoms with van der Waals surface area (Å²) >= 11 is 0. The number of carbonyl (C=O) groups is 1. The van der Waals surface area contributed by atoms with Gasteiger partial charge in [-0.25, -0.2) is 4.98 Å². The zero-order chi connectivity index (χ0) is 26.0. The predicted molar refractivity (Wildman–Crippen MR) is 143 cm³/mol. The molecule has 0 radical (unpaired) electrons. The Kier molecular flexibility index (Phi) is 6.14. The normalized spacial score (nSPS) is 13.3. The van der Waals surface area contributed by atoms with Gasteiger partial charge in [0, 0.05) is 12.6 Å². The molecule has 1 atom stereocenters. The molecule has 2 heterocycles. The molecule has 5 aromatic rings. The smallest absolute Gasteiger partial charge is 0.311 e. The van der Waals surface area contributed by atoms with Crippen LogP contribution in [-0.4, -0.2) is 27.4 Å². The molecule has 0 fully saturated rings. The second kappa shape index (κ2) is 9.90. The van der Waals surface area contributed by atoms with Crippen LogP contribution in [0.3, 0.4) is 0 Å². The summed E-state index contributed by atoms with van der Waals surface area (Å²) in [5.41, 5.74) is 3.86. The van der Waals surface area contributed by atoms with Crippen LogP contribution >= 0.6 is 0 Å². The zero-order valence-corrected chi connectivity index (χ0v) is 20.6. The van der Waals surface area contributed by atoms with E-state index in [1.807, 2.05) is 60.8 Å². The van der Waals surface area contributed by atoms with E-state index in [1.165, 1.54) is 0 Å². The lowest BCUT2D eigenvalue weighted by Gasteiger charge is -2.37. The highest BCUT2D eigenvalue weighted by Gasteiger charge is 2.38. The molecule has 0 bridgehead atoms. The van der Waals surface area contributed by atoms with E-state index in [0.29, 0.717) is 22.8 Å². The van der Waals surface area contributed by atoms with Gasteiger partial charge in [-0.2, -0.15) is 0 Å². The summed E-state index contributed by atoms with van der Waals surface area (Å²) in [6.45, 7) is 0.140. The Hall–Kier alpha value is -4.84. The largest absolute Gasteiger partial charge is 0.481 e. The van der Waals surface area contributed by atoms with E-state index in [4.69, 9.17) is 14.5 Å². The Balaban J connectivity index is 1.46. The molecule has 38 heavy (non-hydrogen) atoms. The van der Waals surface area contributed by atoms with Crippen molar-refractivity contribution in [3.05, 3.63) is 150 Å². The van der Waals surface area contributed by atoms with Crippen LogP contribution in [0.2, 0.25) is 0 Å². The summed E-state index contributed by atoms with van der Waals surface area (Å²) in [6.07, 6.45) is 4.01. The Labute approximate surface area is 220 Å². The summed E-state index contributed by atoms with van der Waals surface area (Å²) in [5.74, 6) is -0.512. The number of hydrogen-bond acceptors (Lipinski definition) is 4. The molecule has 1 aromatic heterocycles. The van der Waals surface area contributed by atoms with E-state index in [-0.39, 0.29) is 13.2 Å². The van der Waals surface area contributed by atoms with Crippen molar-refractivity contribution in [3.8, 4) is 11.5 Å². The Morgan fingerprint density at radius 2 is 1.37 bits per heavy atom. The first kappa shape index (κ1) is 23.6. The third-order valence-corrected chi connectivity index (χ3v) is 7.11. The molecule has 0 amide bonds. The number of aromatic nitrogens is 2. The third kappa shape index (κ3) is 4.10. The maximum atomic E-state index is 12.4. The van der Waals surface area contributed by atoms with Gasteiger partial charge in [0.05, 0.1) is 17.9 Å². The number of ether oxygens (including phenoxy) is 2. The summed E-state index contributed by atoms with van der Waals surface area (Å²) in [6, 6.07) is 36.2. The Morgan fingerprint density at radius 3 is 1.92 bits per heavy atom. The fourth-order valence-electron chi connectivity index (χ4n) is 5.32. The molecule has 0 saturated heterocycles. The molecule has 188 valence electrons. The topological polar surface area (TPSA) is 73.6 Å². The lowest BCUT2D eigenvalue weighted by atomic mass is 9.76. The first-order valence-corrected chi connectivity index (χ1v) is 12.5. The van der Waals surface area contributed by atoms with Gasteiger partial charge in [0.15, 0.2) is 11.5 Å². The summed E-state index contributed by atoms with van der Waals surface area (Å²) in [4.78, 5) is 17.1. The molecule has 6 rings (SSSR count). The van der Waals surface area contributed by atoms with Gasteiger partial charge in [0.2, 0.25) is 6.79 Å². The molecule has 4 aromatic carbocycles. The van der Waals surface area contributed by atoms with Gasteiger partial charge in [0.25, 0.3) is 0 Å². The predicted octanol–water partition coefficient (Wildman–Crippen LogP) is 5.86. The van der Waals surface area contributed by atoms with Crippen molar-refractivity contribution in [1.29, 1.82) is 0 Å². The molecular weight excluding hydrogens is 476 g/mol. The van der Waals surface area contributed by atoms with E-state index in [0.717, 1.165) is 16.7 Å². The number of benzene rings is 4. The maximum Gasteiger partial charge on any atom is 0.311 e. The summed E-state index contributed by atoms with van der Waals surface area (Å²) in [5, 5.41) is 10.1. The molecule has 6 nitrogen and oxygen atoms in total. The Morgan fingerprint density at radius 1 is 0.816 bits per heavy atom. The van der Waals surface area contributed by atoms with Crippen molar-refractivity contribution in [3.63, 3.8) is 0 Å². The molecule has 0 saturated carbocycles. The minimum absolute atomic E-state index is 0.140. The fourth-order valence-corrected chi connectivity index (χ4v) is 5.32. The van der Waals surface area contributed by atoms with Crippen LogP contribution < -0.4 is 9.47 Å². The van der Waals surface area contributed by atoms with E-state index in [2.05, 4.69) is 41.0 Å². The number of imidazole rings is 1. The monoisotopic (exact) mass is 502 g/mol. The fraction of sp³-hybridized carbons (Fsp3) is 0.125. The van der Waals surface area contributed by atoms with Crippen LogP contribution in [0.1, 0.15) is 33.9 Å². The number of rotatable bonds is 8. The average molecular weight is 503 g/mol. The lowest BCUT2D eigenvalue weighted by Crippen LogP contribution is -2.37. The van der Waals surface area contributed by atoms with Crippen molar-refractivity contribution in [2.75, 3.05) is 6.79 Å². The standard InChI is InChI=1S/C32H26N2O4/c35-31(36)28(23-16-17-29-30(18-23)38-22-37-29)19-27-20-34(21-33-27)32(24-10-4-1-5-11-24,25-12-6-2-7-13-25)26-14-8-3-9-15-26/h1-18,20-21,28H,19,22H2,(H,35,36). The van der Waals surface area contributed by atoms with Gasteiger partial charge in [-0.15, -0.1) is 0 Å². The first-order chi connectivity index (χ1) is 18.7. The highest BCUT2D eigenvalue weighted by Crippen LogP contribution is 2.41. The van der Waals surface area contributed by atoms with Crippen molar-refractivity contribution < 1.29 is 19.4 Å². The molecular formula is C32H26N2O4. The van der Waals surface area contributed by atoms with Crippen molar-refractivity contribution >= 4 is 5.97 Å². The van der Waals surface area contributed by atoms with E-state index in [1.54, 1.807) is 24.5 Å². The molecule has 1 aliphatic heterocycles. The highest BCUT2D eigenvalue weighted by atomic mass is 16.7. The summed E-state index contributed by atoms with van der Waals surface area (Å²) in [7, 11) is 0. The number of aliphatic carboxylic acids is 1. The van der Waals surface area contributed by atoms with Gasteiger partial charge in [-0.3, -0.25) is 4.79 Å². The number of nitrogens with zero attached hydrogens (tertiary/aromatic N) is 2. The maximum absolute atomic E-state index is 12.4. The second-order valence-electron chi connectivity index (χ2n) is 9.29. The zero-order valence-electron chi connectivity index (χ0n) is 20.6. The van der Waals surface area contributed by atoms with Crippen LogP contribution in [-0.2, 0) is 16.8 Å². The van der Waals surface area contributed by atoms with Crippen molar-refractivity contribution in [2.45, 2.75) is 17.9 Å². The minimum Gasteiger partial charge on any atom is -0.481 e. The SMILES string of the molecule is O=C(O)C(Cc1cn(C(c2ccccc2)(c2ccccc2)c2ccccc2)cn1)c1ccc2c(c1)OCO2. The van der Waals surface area contributed by atoms with Crippen LogP contribution in [0.15, 0.2) is 122 Å². The first-order valence-electron chi connectivity index (χ1n) is 12.5. The quantitative estimate of drug-likeness (QED) is 0.269. The number of hydrogen-bond donors (Lipinski definition) is 1. The van der Waals surface area contributed by atoms with Gasteiger partial charge in [-0.05, 0) is 34.4 Å². The van der Waals surface area contributed by atoms with Gasteiger partial charge in [0.1, 0.15) is 5.54 Å². The van der Waals surface area contributed by atoms with Gasteiger partial charge < -0.3 is 19.1 Å². The van der Waals surface area contributed by atoms with Gasteiger partial charge >= 0.3 is 5.97 Å². The highest BCUT2D eigenvalue weighted by molar-refractivity contribution is 5.77. The second-order valence-corrected chi connectivity index (χ2v) is 9.29. The number of carboxylic acids is 1. The molecule has 6 heteroatoms. The number of carboxylic acid groups (broad SMARTS) is 1. The number of fused-ring (bicyclic) bond motifs is 1. The van der Waals surface area contributed by atoms with Crippen LogP contribution in [0.5, 0.6) is 11.5 Å². The average Bonchev–Trinajstić information content (AvgIpc) is 3.63.